The molecule has 6 heteroatoms. The van der Waals surface area contributed by atoms with Gasteiger partial charge in [-0.2, -0.15) is 5.10 Å². The zero-order valence-corrected chi connectivity index (χ0v) is 12.7. The Kier molecular flexibility index (Phi) is 4.76. The first-order valence-corrected chi connectivity index (χ1v) is 7.22. The van der Waals surface area contributed by atoms with Crippen molar-refractivity contribution in [1.82, 2.24) is 14.7 Å². The Morgan fingerprint density at radius 2 is 2.47 bits per heavy atom. The molecule has 0 amide bonds. The minimum absolute atomic E-state index is 0.130. The zero-order valence-electron chi connectivity index (χ0n) is 11.1. The maximum Gasteiger partial charge on any atom is 0.283 e. The van der Waals surface area contributed by atoms with Gasteiger partial charge in [0, 0.05) is 12.6 Å². The minimum atomic E-state index is -0.130. The molecule has 0 saturated carbocycles. The number of anilines is 1. The molecule has 1 aliphatic heterocycles. The monoisotopic (exact) mass is 326 g/mol. The summed E-state index contributed by atoms with van der Waals surface area (Å²) in [6.07, 6.45) is 5.65. The van der Waals surface area contributed by atoms with Gasteiger partial charge in [0.25, 0.3) is 5.56 Å². The number of allylic oxidation sites excluding steroid dienone is 1. The van der Waals surface area contributed by atoms with E-state index in [0.717, 1.165) is 25.2 Å². The molecule has 1 atom stereocenters. The van der Waals surface area contributed by atoms with Crippen LogP contribution in [0.2, 0.25) is 0 Å². The fourth-order valence-electron chi connectivity index (χ4n) is 2.32. The molecule has 1 unspecified atom stereocenters. The first-order valence-electron chi connectivity index (χ1n) is 6.43. The van der Waals surface area contributed by atoms with Crippen LogP contribution in [0.3, 0.4) is 0 Å². The van der Waals surface area contributed by atoms with Crippen LogP contribution in [0.15, 0.2) is 28.1 Å². The van der Waals surface area contributed by atoms with Gasteiger partial charge in [0.15, 0.2) is 0 Å². The lowest BCUT2D eigenvalue weighted by molar-refractivity contribution is 0.261. The third-order valence-corrected chi connectivity index (χ3v) is 4.04. The normalized spacial score (nSPS) is 20.2. The number of hydrogen-bond donors (Lipinski definition) is 1. The van der Waals surface area contributed by atoms with Crippen LogP contribution in [0.25, 0.3) is 0 Å². The first kappa shape index (κ1) is 14.3. The molecule has 104 valence electrons. The summed E-state index contributed by atoms with van der Waals surface area (Å²) in [6.45, 7) is 6.16. The maximum absolute atomic E-state index is 12.0. The molecule has 1 fully saturated rings. The van der Waals surface area contributed by atoms with E-state index in [4.69, 9.17) is 0 Å². The van der Waals surface area contributed by atoms with Gasteiger partial charge >= 0.3 is 0 Å². The highest BCUT2D eigenvalue weighted by atomic mass is 79.9. The first-order chi connectivity index (χ1) is 9.11. The second-order valence-electron chi connectivity index (χ2n) is 4.89. The second-order valence-corrected chi connectivity index (χ2v) is 5.69. The Labute approximate surface area is 121 Å². The summed E-state index contributed by atoms with van der Waals surface area (Å²) in [5, 5.41) is 7.54. The fourth-order valence-corrected chi connectivity index (χ4v) is 2.74. The van der Waals surface area contributed by atoms with Crippen LogP contribution in [-0.2, 0) is 6.54 Å². The van der Waals surface area contributed by atoms with Gasteiger partial charge in [0.05, 0.1) is 18.4 Å². The SMILES string of the molecule is C=CCn1ncc(NC2CCCN(C)C2)c(Br)c1=O. The smallest absolute Gasteiger partial charge is 0.283 e. The number of piperidine rings is 1. The lowest BCUT2D eigenvalue weighted by Crippen LogP contribution is -2.40. The van der Waals surface area contributed by atoms with Crippen molar-refractivity contribution >= 4 is 21.6 Å². The van der Waals surface area contributed by atoms with Gasteiger partial charge in [0.1, 0.15) is 4.47 Å². The van der Waals surface area contributed by atoms with Crippen molar-refractivity contribution in [1.29, 1.82) is 0 Å². The van der Waals surface area contributed by atoms with Crippen molar-refractivity contribution in [3.05, 3.63) is 33.7 Å². The van der Waals surface area contributed by atoms with Crippen molar-refractivity contribution in [2.75, 3.05) is 25.5 Å². The van der Waals surface area contributed by atoms with E-state index in [1.807, 2.05) is 0 Å². The van der Waals surface area contributed by atoms with E-state index >= 15 is 0 Å². The van der Waals surface area contributed by atoms with Crippen molar-refractivity contribution in [2.24, 2.45) is 0 Å². The van der Waals surface area contributed by atoms with Gasteiger partial charge in [-0.3, -0.25) is 4.79 Å². The van der Waals surface area contributed by atoms with Gasteiger partial charge in [-0.05, 0) is 42.4 Å². The molecule has 1 aromatic heterocycles. The Morgan fingerprint density at radius 3 is 3.16 bits per heavy atom. The average Bonchev–Trinajstić information content (AvgIpc) is 2.39. The highest BCUT2D eigenvalue weighted by Gasteiger charge is 2.18. The standard InChI is InChI=1S/C13H19BrN4O/c1-3-6-18-13(19)12(14)11(8-15-18)16-10-5-4-7-17(2)9-10/h3,8,10,16H,1,4-7,9H2,2H3. The average molecular weight is 327 g/mol. The number of rotatable bonds is 4. The Balaban J connectivity index is 2.14. The number of likely N-dealkylation sites (N-methyl/N-ethyl adjacent to an activating group) is 1. The number of hydrogen-bond acceptors (Lipinski definition) is 4. The van der Waals surface area contributed by atoms with Crippen LogP contribution in [0.5, 0.6) is 0 Å². The second kappa shape index (κ2) is 6.34. The Hall–Kier alpha value is -1.14. The van der Waals surface area contributed by atoms with Crippen molar-refractivity contribution in [3.63, 3.8) is 0 Å². The molecule has 0 aromatic carbocycles. The van der Waals surface area contributed by atoms with Gasteiger partial charge in [0.2, 0.25) is 0 Å². The van der Waals surface area contributed by atoms with Gasteiger partial charge in [-0.15, -0.1) is 6.58 Å². The predicted molar refractivity (Wildman–Crippen MR) is 80.5 cm³/mol. The van der Waals surface area contributed by atoms with Gasteiger partial charge < -0.3 is 10.2 Å². The molecule has 19 heavy (non-hydrogen) atoms. The topological polar surface area (TPSA) is 50.2 Å². The maximum atomic E-state index is 12.0. The van der Waals surface area contributed by atoms with E-state index in [0.29, 0.717) is 17.1 Å². The molecule has 1 aliphatic rings. The fraction of sp³-hybridized carbons (Fsp3) is 0.538. The van der Waals surface area contributed by atoms with Crippen LogP contribution in [0.1, 0.15) is 12.8 Å². The zero-order chi connectivity index (χ0) is 13.8. The van der Waals surface area contributed by atoms with E-state index in [1.54, 1.807) is 12.3 Å². The van der Waals surface area contributed by atoms with Gasteiger partial charge in [-0.1, -0.05) is 6.08 Å². The molecule has 1 N–H and O–H groups in total. The molecule has 5 nitrogen and oxygen atoms in total. The summed E-state index contributed by atoms with van der Waals surface area (Å²) in [7, 11) is 2.11. The van der Waals surface area contributed by atoms with E-state index in [1.165, 1.54) is 11.1 Å². The number of halogens is 1. The summed E-state index contributed by atoms with van der Waals surface area (Å²) in [6, 6.07) is 0.367. The molecule has 2 rings (SSSR count). The quantitative estimate of drug-likeness (QED) is 0.855. The molecular formula is C13H19BrN4O. The summed E-state index contributed by atoms with van der Waals surface area (Å²) in [4.78, 5) is 14.3. The minimum Gasteiger partial charge on any atom is -0.379 e. The predicted octanol–water partition coefficient (Wildman–Crippen LogP) is 1.70. The van der Waals surface area contributed by atoms with E-state index in [9.17, 15) is 4.79 Å². The van der Waals surface area contributed by atoms with Crippen molar-refractivity contribution < 1.29 is 0 Å². The molecule has 0 spiro atoms. The lowest BCUT2D eigenvalue weighted by atomic mass is 10.1. The molecular weight excluding hydrogens is 308 g/mol. The largest absolute Gasteiger partial charge is 0.379 e. The van der Waals surface area contributed by atoms with Crippen LogP contribution in [0.4, 0.5) is 5.69 Å². The highest BCUT2D eigenvalue weighted by Crippen LogP contribution is 2.20. The van der Waals surface area contributed by atoms with Crippen LogP contribution in [0, 0.1) is 0 Å². The number of nitrogens with zero attached hydrogens (tertiary/aromatic N) is 3. The lowest BCUT2D eigenvalue weighted by Gasteiger charge is -2.31. The van der Waals surface area contributed by atoms with Crippen LogP contribution in [-0.4, -0.2) is 40.9 Å². The molecule has 0 radical (unpaired) electrons. The summed E-state index contributed by atoms with van der Waals surface area (Å²) in [5.74, 6) is 0. The van der Waals surface area contributed by atoms with Crippen LogP contribution < -0.4 is 10.9 Å². The Bertz CT molecular complexity index is 514. The molecule has 2 heterocycles. The van der Waals surface area contributed by atoms with Crippen LogP contribution >= 0.6 is 15.9 Å². The Morgan fingerprint density at radius 1 is 1.68 bits per heavy atom. The number of nitrogens with one attached hydrogen (secondary N) is 1. The summed E-state index contributed by atoms with van der Waals surface area (Å²) < 4.78 is 1.92. The molecule has 0 aliphatic carbocycles. The third kappa shape index (κ3) is 3.45. The van der Waals surface area contributed by atoms with Crippen molar-refractivity contribution in [3.8, 4) is 0 Å². The molecule has 0 bridgehead atoms. The third-order valence-electron chi connectivity index (χ3n) is 3.27. The van der Waals surface area contributed by atoms with Crippen molar-refractivity contribution in [2.45, 2.75) is 25.4 Å². The number of likely N-dealkylation sites (tertiary alicyclic amines) is 1. The molecule has 1 saturated heterocycles. The van der Waals surface area contributed by atoms with E-state index in [2.05, 4.69) is 44.9 Å². The van der Waals surface area contributed by atoms with E-state index < -0.39 is 0 Å². The highest BCUT2D eigenvalue weighted by molar-refractivity contribution is 9.10. The van der Waals surface area contributed by atoms with E-state index in [-0.39, 0.29) is 5.56 Å². The number of aromatic nitrogens is 2. The summed E-state index contributed by atoms with van der Waals surface area (Å²) in [5.41, 5.74) is 0.639. The summed E-state index contributed by atoms with van der Waals surface area (Å²) >= 11 is 3.36. The van der Waals surface area contributed by atoms with Gasteiger partial charge in [-0.25, -0.2) is 4.68 Å². The molecule has 1 aromatic rings.